The zero-order valence-electron chi connectivity index (χ0n) is 15.6. The van der Waals surface area contributed by atoms with Crippen LogP contribution < -0.4 is 4.72 Å². The minimum Gasteiger partial charge on any atom is -0.213 e. The number of nitrogens with one attached hydrogen (secondary N) is 1. The molecule has 1 heterocycles. The van der Waals surface area contributed by atoms with E-state index in [1.807, 2.05) is 30.0 Å². The molecule has 0 aromatic heterocycles. The maximum absolute atomic E-state index is 11.4. The third-order valence-corrected chi connectivity index (χ3v) is 6.46. The third-order valence-electron chi connectivity index (χ3n) is 4.67. The molecule has 1 aliphatic rings. The van der Waals surface area contributed by atoms with Crippen LogP contribution in [0.1, 0.15) is 27.8 Å². The second kappa shape index (κ2) is 7.95. The minimum absolute atomic E-state index is 0.291. The molecule has 0 saturated heterocycles. The molecular weight excluding hydrogens is 386 g/mol. The Labute approximate surface area is 170 Å². The zero-order valence-corrected chi connectivity index (χ0v) is 17.2. The van der Waals surface area contributed by atoms with Crippen molar-refractivity contribution in [2.24, 2.45) is 0 Å². The summed E-state index contributed by atoms with van der Waals surface area (Å²) in [5.74, 6) is 0.947. The summed E-state index contributed by atoms with van der Waals surface area (Å²) >= 11 is 1.86. The van der Waals surface area contributed by atoms with Gasteiger partial charge in [-0.25, -0.2) is 13.1 Å². The summed E-state index contributed by atoms with van der Waals surface area (Å²) in [7, 11) is -3.22. The van der Waals surface area contributed by atoms with Crippen molar-refractivity contribution >= 4 is 33.4 Å². The fraction of sp³-hybridized carbons (Fsp3) is 0.130. The first kappa shape index (κ1) is 19.0. The van der Waals surface area contributed by atoms with Gasteiger partial charge >= 0.3 is 0 Å². The number of sulfonamides is 1. The molecule has 142 valence electrons. The third kappa shape index (κ3) is 4.38. The van der Waals surface area contributed by atoms with Gasteiger partial charge in [0.1, 0.15) is 0 Å². The lowest BCUT2D eigenvalue weighted by molar-refractivity contribution is 0.587. The molecule has 3 aromatic rings. The number of rotatable bonds is 4. The highest BCUT2D eigenvalue weighted by atomic mass is 32.2. The van der Waals surface area contributed by atoms with Crippen molar-refractivity contribution in [3.63, 3.8) is 0 Å². The molecule has 3 aromatic carbocycles. The Bertz CT molecular complexity index is 1100. The SMILES string of the molecule is CS(=O)(=O)NCc1cccc(C=C2c3ccccc3CSc3ccccc32)c1. The monoisotopic (exact) mass is 407 g/mol. The predicted octanol–water partition coefficient (Wildman–Crippen LogP) is 4.93. The highest BCUT2D eigenvalue weighted by molar-refractivity contribution is 7.98. The van der Waals surface area contributed by atoms with E-state index in [0.717, 1.165) is 16.9 Å². The van der Waals surface area contributed by atoms with Gasteiger partial charge in [0, 0.05) is 17.2 Å². The van der Waals surface area contributed by atoms with Gasteiger partial charge in [0.2, 0.25) is 10.0 Å². The van der Waals surface area contributed by atoms with E-state index in [1.54, 1.807) is 0 Å². The summed E-state index contributed by atoms with van der Waals surface area (Å²) in [6.07, 6.45) is 3.38. The number of fused-ring (bicyclic) bond motifs is 2. The molecule has 0 fully saturated rings. The second-order valence-electron chi connectivity index (χ2n) is 6.84. The van der Waals surface area contributed by atoms with Crippen LogP contribution in [-0.4, -0.2) is 14.7 Å². The van der Waals surface area contributed by atoms with Crippen LogP contribution in [0.2, 0.25) is 0 Å². The van der Waals surface area contributed by atoms with E-state index < -0.39 is 10.0 Å². The van der Waals surface area contributed by atoms with Gasteiger partial charge in [-0.2, -0.15) is 0 Å². The van der Waals surface area contributed by atoms with Crippen molar-refractivity contribution in [2.45, 2.75) is 17.2 Å². The first-order valence-corrected chi connectivity index (χ1v) is 11.9. The van der Waals surface area contributed by atoms with Gasteiger partial charge in [-0.05, 0) is 45.5 Å². The van der Waals surface area contributed by atoms with Crippen LogP contribution in [0.15, 0.2) is 77.7 Å². The van der Waals surface area contributed by atoms with Crippen LogP contribution in [-0.2, 0) is 22.3 Å². The van der Waals surface area contributed by atoms with Crippen molar-refractivity contribution in [1.82, 2.24) is 4.72 Å². The van der Waals surface area contributed by atoms with E-state index in [9.17, 15) is 8.42 Å². The highest BCUT2D eigenvalue weighted by Gasteiger charge is 2.18. The summed E-state index contributed by atoms with van der Waals surface area (Å²) < 4.78 is 25.3. The van der Waals surface area contributed by atoms with Crippen LogP contribution in [0, 0.1) is 0 Å². The van der Waals surface area contributed by atoms with Gasteiger partial charge in [0.15, 0.2) is 0 Å². The average Bonchev–Trinajstić information content (AvgIpc) is 2.84. The Balaban J connectivity index is 1.79. The van der Waals surface area contributed by atoms with E-state index in [-0.39, 0.29) is 0 Å². The molecule has 0 atom stereocenters. The molecule has 1 N–H and O–H groups in total. The molecular formula is C23H21NO2S2. The fourth-order valence-electron chi connectivity index (χ4n) is 3.35. The molecule has 0 bridgehead atoms. The van der Waals surface area contributed by atoms with E-state index in [2.05, 4.69) is 65.4 Å². The second-order valence-corrected chi connectivity index (χ2v) is 9.69. The number of hydrogen-bond donors (Lipinski definition) is 1. The quantitative estimate of drug-likeness (QED) is 0.667. The molecule has 3 nitrogen and oxygen atoms in total. The maximum Gasteiger partial charge on any atom is 0.209 e. The Morgan fingerprint density at radius 1 is 0.964 bits per heavy atom. The van der Waals surface area contributed by atoms with Crippen molar-refractivity contribution in [3.8, 4) is 0 Å². The summed E-state index contributed by atoms with van der Waals surface area (Å²) in [6.45, 7) is 0.291. The molecule has 0 saturated carbocycles. The van der Waals surface area contributed by atoms with E-state index in [4.69, 9.17) is 0 Å². The standard InChI is InChI=1S/C23H21NO2S2/c1-28(25,26)24-15-18-8-6-7-17(13-18)14-22-20-10-3-2-9-19(20)16-27-23-12-5-4-11-21(22)23/h2-14,24H,15-16H2,1H3. The first-order chi connectivity index (χ1) is 13.5. The summed E-state index contributed by atoms with van der Waals surface area (Å²) in [5.41, 5.74) is 7.00. The summed E-state index contributed by atoms with van der Waals surface area (Å²) in [6, 6.07) is 25.0. The predicted molar refractivity (Wildman–Crippen MR) is 118 cm³/mol. The zero-order chi connectivity index (χ0) is 19.6. The molecule has 4 rings (SSSR count). The van der Waals surface area contributed by atoms with Crippen LogP contribution >= 0.6 is 11.8 Å². The number of benzene rings is 3. The molecule has 0 aliphatic carbocycles. The van der Waals surface area contributed by atoms with Crippen LogP contribution in [0.5, 0.6) is 0 Å². The van der Waals surface area contributed by atoms with Crippen molar-refractivity contribution < 1.29 is 8.42 Å². The number of hydrogen-bond acceptors (Lipinski definition) is 3. The Morgan fingerprint density at radius 2 is 1.71 bits per heavy atom. The minimum atomic E-state index is -3.22. The van der Waals surface area contributed by atoms with Crippen molar-refractivity contribution in [2.75, 3.05) is 6.26 Å². The highest BCUT2D eigenvalue weighted by Crippen LogP contribution is 2.40. The fourth-order valence-corrected chi connectivity index (χ4v) is 4.85. The van der Waals surface area contributed by atoms with Crippen LogP contribution in [0.3, 0.4) is 0 Å². The average molecular weight is 408 g/mol. The van der Waals surface area contributed by atoms with E-state index >= 15 is 0 Å². The largest absolute Gasteiger partial charge is 0.213 e. The van der Waals surface area contributed by atoms with Gasteiger partial charge < -0.3 is 0 Å². The normalized spacial score (nSPS) is 15.0. The molecule has 0 unspecified atom stereocenters. The van der Waals surface area contributed by atoms with Gasteiger partial charge in [-0.3, -0.25) is 0 Å². The molecule has 5 heteroatoms. The smallest absolute Gasteiger partial charge is 0.209 e. The molecule has 0 radical (unpaired) electrons. The lowest BCUT2D eigenvalue weighted by Gasteiger charge is -2.12. The lowest BCUT2D eigenvalue weighted by Crippen LogP contribution is -2.21. The molecule has 0 spiro atoms. The summed E-state index contributed by atoms with van der Waals surface area (Å²) in [5, 5.41) is 0. The summed E-state index contributed by atoms with van der Waals surface area (Å²) in [4.78, 5) is 1.28. The Hall–Kier alpha value is -2.34. The lowest BCUT2D eigenvalue weighted by atomic mass is 9.92. The van der Waals surface area contributed by atoms with Crippen molar-refractivity contribution in [1.29, 1.82) is 0 Å². The van der Waals surface area contributed by atoms with Crippen LogP contribution in [0.25, 0.3) is 11.6 Å². The molecule has 28 heavy (non-hydrogen) atoms. The van der Waals surface area contributed by atoms with Gasteiger partial charge in [-0.1, -0.05) is 66.7 Å². The van der Waals surface area contributed by atoms with Gasteiger partial charge in [0.05, 0.1) is 6.26 Å². The Morgan fingerprint density at radius 3 is 2.54 bits per heavy atom. The maximum atomic E-state index is 11.4. The topological polar surface area (TPSA) is 46.2 Å². The first-order valence-electron chi connectivity index (χ1n) is 9.05. The van der Waals surface area contributed by atoms with Gasteiger partial charge in [-0.15, -0.1) is 11.8 Å². The van der Waals surface area contributed by atoms with E-state index in [1.165, 1.54) is 33.4 Å². The van der Waals surface area contributed by atoms with Gasteiger partial charge in [0.25, 0.3) is 0 Å². The molecule has 0 amide bonds. The number of thioether (sulfide) groups is 1. The Kier molecular flexibility index (Phi) is 5.40. The van der Waals surface area contributed by atoms with Crippen LogP contribution in [0.4, 0.5) is 0 Å². The van der Waals surface area contributed by atoms with Crippen molar-refractivity contribution in [3.05, 3.63) is 101 Å². The van der Waals surface area contributed by atoms with E-state index in [0.29, 0.717) is 6.54 Å². The molecule has 1 aliphatic heterocycles.